The molecule has 0 fully saturated rings. The summed E-state index contributed by atoms with van der Waals surface area (Å²) >= 11 is 0. The van der Waals surface area contributed by atoms with Gasteiger partial charge in [-0.25, -0.2) is 19.4 Å². The highest BCUT2D eigenvalue weighted by Gasteiger charge is 2.20. The van der Waals surface area contributed by atoms with Crippen LogP contribution in [0.5, 0.6) is 0 Å². The maximum absolute atomic E-state index is 11.3. The molecule has 0 aliphatic carbocycles. The molecule has 114 valence electrons. The quantitative estimate of drug-likeness (QED) is 0.169. The predicted octanol–water partition coefficient (Wildman–Crippen LogP) is -1.02. The van der Waals surface area contributed by atoms with Crippen molar-refractivity contribution in [2.45, 2.75) is 25.2 Å². The fourth-order valence-corrected chi connectivity index (χ4v) is 1.18. The molecule has 0 saturated carbocycles. The molecular formula is C11H13N3O7. The lowest BCUT2D eigenvalue weighted by atomic mass is 10.1. The van der Waals surface area contributed by atoms with Crippen LogP contribution in [0.4, 0.5) is 0 Å². The van der Waals surface area contributed by atoms with Crippen LogP contribution in [0, 0.1) is 0 Å². The number of rotatable bonds is 11. The summed E-state index contributed by atoms with van der Waals surface area (Å²) in [7, 11) is 0. The van der Waals surface area contributed by atoms with E-state index >= 15 is 0 Å². The molecular weight excluding hydrogens is 286 g/mol. The topological polar surface area (TPSA) is 144 Å². The van der Waals surface area contributed by atoms with Gasteiger partial charge in [0.2, 0.25) is 18.2 Å². The number of aliphatic hydroxyl groups excluding tert-OH is 1. The molecule has 0 aliphatic heterocycles. The second kappa shape index (κ2) is 12.6. The Labute approximate surface area is 119 Å². The summed E-state index contributed by atoms with van der Waals surface area (Å²) < 4.78 is 9.39. The van der Waals surface area contributed by atoms with Crippen molar-refractivity contribution in [3.8, 4) is 0 Å². The first-order valence-electron chi connectivity index (χ1n) is 5.75. The first-order chi connectivity index (χ1) is 10.2. The van der Waals surface area contributed by atoms with Crippen molar-refractivity contribution < 1.29 is 33.8 Å². The standard InChI is InChI=1S/C11H13N3O7/c15-5-12-3-4-20-10(18)2-1-9(14-7-17)11(19)21-8-13-6-16/h9,11,19H,1-4,8H2. The van der Waals surface area contributed by atoms with Gasteiger partial charge in [0.15, 0.2) is 13.0 Å². The summed E-state index contributed by atoms with van der Waals surface area (Å²) in [5, 5.41) is 9.53. The zero-order valence-electron chi connectivity index (χ0n) is 10.9. The number of carbonyl (C=O) groups is 1. The Bertz CT molecular complexity index is 462. The Morgan fingerprint density at radius 3 is 2.48 bits per heavy atom. The molecule has 0 rings (SSSR count). The number of ether oxygens (including phenoxy) is 2. The van der Waals surface area contributed by atoms with Crippen molar-refractivity contribution in [1.29, 1.82) is 0 Å². The number of aliphatic imine (C=N–C) groups is 3. The number of hydrogen-bond donors (Lipinski definition) is 1. The van der Waals surface area contributed by atoms with E-state index in [1.165, 1.54) is 18.2 Å². The molecule has 0 aromatic carbocycles. The van der Waals surface area contributed by atoms with Gasteiger partial charge in [0, 0.05) is 6.42 Å². The van der Waals surface area contributed by atoms with E-state index in [-0.39, 0.29) is 26.0 Å². The molecule has 10 heteroatoms. The molecule has 0 saturated heterocycles. The van der Waals surface area contributed by atoms with Crippen molar-refractivity contribution in [3.05, 3.63) is 0 Å². The SMILES string of the molecule is O=C=NCCOC(=O)CCC(N=C=O)C(O)OCN=C=O. The Morgan fingerprint density at radius 2 is 1.86 bits per heavy atom. The van der Waals surface area contributed by atoms with E-state index in [9.17, 15) is 24.3 Å². The maximum atomic E-state index is 11.3. The van der Waals surface area contributed by atoms with E-state index in [1.807, 2.05) is 0 Å². The van der Waals surface area contributed by atoms with Crippen molar-refractivity contribution in [3.63, 3.8) is 0 Å². The molecule has 0 aliphatic rings. The van der Waals surface area contributed by atoms with Gasteiger partial charge in [-0.1, -0.05) is 0 Å². The summed E-state index contributed by atoms with van der Waals surface area (Å²) in [6.07, 6.45) is 1.99. The molecule has 1 N–H and O–H groups in total. The molecule has 2 atom stereocenters. The molecule has 0 amide bonds. The highest BCUT2D eigenvalue weighted by atomic mass is 16.6. The summed E-state index contributed by atoms with van der Waals surface area (Å²) in [6.45, 7) is -0.535. The average Bonchev–Trinajstić information content (AvgIpc) is 2.48. The third kappa shape index (κ3) is 10.0. The number of aliphatic hydroxyl groups is 1. The number of esters is 1. The van der Waals surface area contributed by atoms with Gasteiger partial charge in [-0.05, 0) is 6.42 Å². The molecule has 0 aromatic rings. The molecule has 0 bridgehead atoms. The maximum Gasteiger partial charge on any atom is 0.305 e. The second-order valence-corrected chi connectivity index (χ2v) is 3.46. The van der Waals surface area contributed by atoms with Crippen LogP contribution < -0.4 is 0 Å². The van der Waals surface area contributed by atoms with Gasteiger partial charge in [-0.3, -0.25) is 4.79 Å². The van der Waals surface area contributed by atoms with Crippen LogP contribution in [0.1, 0.15) is 12.8 Å². The monoisotopic (exact) mass is 299 g/mol. The molecule has 0 aromatic heterocycles. The zero-order chi connectivity index (χ0) is 15.9. The second-order valence-electron chi connectivity index (χ2n) is 3.46. The summed E-state index contributed by atoms with van der Waals surface area (Å²) in [5.41, 5.74) is 0. The third-order valence-electron chi connectivity index (χ3n) is 2.10. The predicted molar refractivity (Wildman–Crippen MR) is 65.2 cm³/mol. The van der Waals surface area contributed by atoms with Gasteiger partial charge in [-0.15, -0.1) is 0 Å². The Balaban J connectivity index is 4.18. The third-order valence-corrected chi connectivity index (χ3v) is 2.10. The Kier molecular flexibility index (Phi) is 11.1. The van der Waals surface area contributed by atoms with E-state index in [2.05, 4.69) is 19.7 Å². The van der Waals surface area contributed by atoms with Crippen LogP contribution in [0.2, 0.25) is 0 Å². The molecule has 21 heavy (non-hydrogen) atoms. The lowest BCUT2D eigenvalue weighted by Crippen LogP contribution is -2.28. The summed E-state index contributed by atoms with van der Waals surface area (Å²) in [6, 6.07) is -1.05. The first-order valence-corrected chi connectivity index (χ1v) is 5.75. The van der Waals surface area contributed by atoms with Gasteiger partial charge >= 0.3 is 5.97 Å². The Morgan fingerprint density at radius 1 is 1.14 bits per heavy atom. The lowest BCUT2D eigenvalue weighted by molar-refractivity contribution is -0.144. The van der Waals surface area contributed by atoms with Gasteiger partial charge in [0.1, 0.15) is 12.6 Å². The van der Waals surface area contributed by atoms with Crippen molar-refractivity contribution in [1.82, 2.24) is 0 Å². The summed E-state index contributed by atoms with van der Waals surface area (Å²) in [4.78, 5) is 50.6. The minimum Gasteiger partial charge on any atom is -0.464 e. The van der Waals surface area contributed by atoms with Gasteiger partial charge < -0.3 is 14.6 Å². The molecule has 0 heterocycles. The highest BCUT2D eigenvalue weighted by Crippen LogP contribution is 2.09. The van der Waals surface area contributed by atoms with E-state index in [0.717, 1.165) is 0 Å². The van der Waals surface area contributed by atoms with E-state index in [0.29, 0.717) is 0 Å². The molecule has 0 radical (unpaired) electrons. The lowest BCUT2D eigenvalue weighted by Gasteiger charge is -2.16. The van der Waals surface area contributed by atoms with E-state index in [1.54, 1.807) is 0 Å². The van der Waals surface area contributed by atoms with Crippen molar-refractivity contribution >= 4 is 24.2 Å². The van der Waals surface area contributed by atoms with Crippen LogP contribution in [-0.2, 0) is 28.7 Å². The number of nitrogens with zero attached hydrogens (tertiary/aromatic N) is 3. The first kappa shape index (κ1) is 18.5. The number of hydrogen-bond acceptors (Lipinski definition) is 10. The van der Waals surface area contributed by atoms with E-state index in [4.69, 9.17) is 4.74 Å². The van der Waals surface area contributed by atoms with Crippen LogP contribution >= 0.6 is 0 Å². The van der Waals surface area contributed by atoms with E-state index < -0.39 is 25.0 Å². The van der Waals surface area contributed by atoms with Gasteiger partial charge in [0.05, 0.1) is 6.54 Å². The highest BCUT2D eigenvalue weighted by molar-refractivity contribution is 5.69. The van der Waals surface area contributed by atoms with Crippen LogP contribution in [0.15, 0.2) is 15.0 Å². The van der Waals surface area contributed by atoms with Gasteiger partial charge in [-0.2, -0.15) is 9.98 Å². The van der Waals surface area contributed by atoms with Crippen LogP contribution in [-0.4, -0.2) is 61.5 Å². The molecule has 0 spiro atoms. The Hall–Kier alpha value is -2.47. The fraction of sp³-hybridized carbons (Fsp3) is 0.636. The molecule has 10 nitrogen and oxygen atoms in total. The van der Waals surface area contributed by atoms with Crippen molar-refractivity contribution in [2.24, 2.45) is 15.0 Å². The minimum atomic E-state index is -1.53. The number of carbonyl (C=O) groups excluding carboxylic acids is 4. The smallest absolute Gasteiger partial charge is 0.305 e. The molecule has 2 unspecified atom stereocenters. The largest absolute Gasteiger partial charge is 0.464 e. The number of isocyanates is 3. The fourth-order valence-electron chi connectivity index (χ4n) is 1.18. The van der Waals surface area contributed by atoms with Crippen molar-refractivity contribution in [2.75, 3.05) is 19.9 Å². The minimum absolute atomic E-state index is 0.000590. The zero-order valence-corrected chi connectivity index (χ0v) is 10.9. The van der Waals surface area contributed by atoms with Crippen LogP contribution in [0.25, 0.3) is 0 Å². The van der Waals surface area contributed by atoms with Gasteiger partial charge in [0.25, 0.3) is 0 Å². The normalized spacial score (nSPS) is 12.0. The van der Waals surface area contributed by atoms with Crippen LogP contribution in [0.3, 0.4) is 0 Å². The average molecular weight is 299 g/mol. The summed E-state index contributed by atoms with van der Waals surface area (Å²) in [5.74, 6) is -0.625.